The summed E-state index contributed by atoms with van der Waals surface area (Å²) < 4.78 is 16.8. The predicted molar refractivity (Wildman–Crippen MR) is 166 cm³/mol. The van der Waals surface area contributed by atoms with Crippen LogP contribution in [0.5, 0.6) is 0 Å². The van der Waals surface area contributed by atoms with Gasteiger partial charge in [0.25, 0.3) is 5.56 Å². The number of nitrogens with zero attached hydrogens (tertiary/aromatic N) is 6. The standard InChI is InChI=1S/C32H33ClFN7O2/c1-22-6-9-24(33)20-28(22)39-18-16-38(17-19-39)15-14-35-30(42)13-12-29-36-37-32-40(21-23-7-10-25(34)11-8-23)31(43)26-4-2-3-5-27(26)41(29)32/h2-11,20H,12-19,21H2,1H3,(H,35,42). The minimum atomic E-state index is -0.339. The van der Waals surface area contributed by atoms with Crippen LogP contribution >= 0.6 is 11.6 Å². The van der Waals surface area contributed by atoms with E-state index in [1.54, 1.807) is 22.8 Å². The molecule has 0 bridgehead atoms. The molecule has 1 saturated heterocycles. The van der Waals surface area contributed by atoms with Crippen molar-refractivity contribution >= 4 is 39.9 Å². The second-order valence-corrected chi connectivity index (χ2v) is 11.3. The summed E-state index contributed by atoms with van der Waals surface area (Å²) >= 11 is 6.21. The van der Waals surface area contributed by atoms with Crippen molar-refractivity contribution in [3.8, 4) is 0 Å². The van der Waals surface area contributed by atoms with Gasteiger partial charge in [0.2, 0.25) is 11.7 Å². The number of rotatable bonds is 9. The first-order valence-corrected chi connectivity index (χ1v) is 14.9. The Labute approximate surface area is 253 Å². The van der Waals surface area contributed by atoms with E-state index in [1.807, 2.05) is 34.7 Å². The average Bonchev–Trinajstić information content (AvgIpc) is 3.45. The number of aryl methyl sites for hydroxylation is 2. The summed E-state index contributed by atoms with van der Waals surface area (Å²) in [6, 6.07) is 19.3. The molecule has 1 amide bonds. The number of nitrogens with one attached hydrogen (secondary N) is 1. The zero-order valence-corrected chi connectivity index (χ0v) is 24.7. The van der Waals surface area contributed by atoms with Crippen LogP contribution in [0.4, 0.5) is 10.1 Å². The summed E-state index contributed by atoms with van der Waals surface area (Å²) in [6.45, 7) is 7.33. The number of carbonyl (C=O) groups is 1. The number of aromatic nitrogens is 4. The third-order valence-corrected chi connectivity index (χ3v) is 8.27. The Bertz CT molecular complexity index is 1830. The number of amides is 1. The molecule has 3 heterocycles. The Morgan fingerprint density at radius 3 is 2.56 bits per heavy atom. The lowest BCUT2D eigenvalue weighted by molar-refractivity contribution is -0.121. The molecule has 1 aliphatic rings. The van der Waals surface area contributed by atoms with Crippen molar-refractivity contribution in [2.45, 2.75) is 26.3 Å². The Kier molecular flexibility index (Phi) is 8.40. The van der Waals surface area contributed by atoms with Gasteiger partial charge in [-0.15, -0.1) is 10.2 Å². The van der Waals surface area contributed by atoms with Gasteiger partial charge in [0, 0.05) is 62.8 Å². The Balaban J connectivity index is 1.07. The third-order valence-electron chi connectivity index (χ3n) is 8.04. The molecule has 1 aliphatic heterocycles. The van der Waals surface area contributed by atoms with Crippen LogP contribution in [0.3, 0.4) is 0 Å². The number of anilines is 1. The summed E-state index contributed by atoms with van der Waals surface area (Å²) in [5, 5.41) is 13.0. The molecule has 0 saturated carbocycles. The van der Waals surface area contributed by atoms with E-state index < -0.39 is 0 Å². The topological polar surface area (TPSA) is 87.8 Å². The minimum absolute atomic E-state index is 0.0612. The van der Waals surface area contributed by atoms with Gasteiger partial charge in [-0.2, -0.15) is 0 Å². The maximum absolute atomic E-state index is 13.5. The van der Waals surface area contributed by atoms with Gasteiger partial charge < -0.3 is 10.2 Å². The summed E-state index contributed by atoms with van der Waals surface area (Å²) in [5.41, 5.74) is 3.65. The number of hydrogen-bond donors (Lipinski definition) is 1. The molecular weight excluding hydrogens is 569 g/mol. The van der Waals surface area contributed by atoms with Crippen molar-refractivity contribution in [2.24, 2.45) is 0 Å². The molecule has 1 fully saturated rings. The Morgan fingerprint density at radius 1 is 1.00 bits per heavy atom. The highest BCUT2D eigenvalue weighted by atomic mass is 35.5. The maximum Gasteiger partial charge on any atom is 0.263 e. The number of piperazine rings is 1. The van der Waals surface area contributed by atoms with Crippen LogP contribution < -0.4 is 15.8 Å². The third kappa shape index (κ3) is 6.25. The quantitative estimate of drug-likeness (QED) is 0.274. The second kappa shape index (κ2) is 12.5. The highest BCUT2D eigenvalue weighted by molar-refractivity contribution is 6.30. The molecule has 6 rings (SSSR count). The zero-order chi connectivity index (χ0) is 29.9. The van der Waals surface area contributed by atoms with Crippen LogP contribution in [0.25, 0.3) is 16.7 Å². The summed E-state index contributed by atoms with van der Waals surface area (Å²) in [4.78, 5) is 30.9. The minimum Gasteiger partial charge on any atom is -0.369 e. The molecular formula is C32H33ClFN7O2. The second-order valence-electron chi connectivity index (χ2n) is 10.9. The average molecular weight is 602 g/mol. The van der Waals surface area contributed by atoms with E-state index in [0.717, 1.165) is 43.3 Å². The SMILES string of the molecule is Cc1ccc(Cl)cc1N1CCN(CCNC(=O)CCc2nnc3n(Cc4ccc(F)cc4)c(=O)c4ccccc4n23)CC1. The lowest BCUT2D eigenvalue weighted by Gasteiger charge is -2.36. The highest BCUT2D eigenvalue weighted by Gasteiger charge is 2.20. The van der Waals surface area contributed by atoms with E-state index in [0.29, 0.717) is 35.5 Å². The highest BCUT2D eigenvalue weighted by Crippen LogP contribution is 2.25. The number of benzene rings is 3. The van der Waals surface area contributed by atoms with Gasteiger partial charge in [0.1, 0.15) is 11.6 Å². The predicted octanol–water partition coefficient (Wildman–Crippen LogP) is 4.06. The van der Waals surface area contributed by atoms with Gasteiger partial charge in [-0.25, -0.2) is 4.39 Å². The van der Waals surface area contributed by atoms with Crippen LogP contribution in [-0.4, -0.2) is 69.2 Å². The first-order valence-electron chi connectivity index (χ1n) is 14.5. The smallest absolute Gasteiger partial charge is 0.263 e. The Hall–Kier alpha value is -4.28. The van der Waals surface area contributed by atoms with Crippen LogP contribution in [0.15, 0.2) is 71.5 Å². The van der Waals surface area contributed by atoms with Crippen LogP contribution in [0.2, 0.25) is 5.02 Å². The van der Waals surface area contributed by atoms with E-state index in [2.05, 4.69) is 38.3 Å². The summed E-state index contributed by atoms with van der Waals surface area (Å²) in [5.74, 6) is 0.584. The molecule has 9 nitrogen and oxygen atoms in total. The number of hydrogen-bond acceptors (Lipinski definition) is 6. The summed E-state index contributed by atoms with van der Waals surface area (Å²) in [6.07, 6.45) is 0.609. The van der Waals surface area contributed by atoms with Crippen molar-refractivity contribution in [3.05, 3.63) is 105 Å². The molecule has 0 spiro atoms. The molecule has 2 aromatic heterocycles. The fraction of sp³-hybridized carbons (Fsp3) is 0.312. The molecule has 0 radical (unpaired) electrons. The van der Waals surface area contributed by atoms with Crippen molar-refractivity contribution in [2.75, 3.05) is 44.2 Å². The van der Waals surface area contributed by atoms with E-state index >= 15 is 0 Å². The molecule has 0 aliphatic carbocycles. The number of para-hydroxylation sites is 1. The fourth-order valence-electron chi connectivity index (χ4n) is 5.69. The lowest BCUT2D eigenvalue weighted by Crippen LogP contribution is -2.48. The molecule has 11 heteroatoms. The van der Waals surface area contributed by atoms with Crippen LogP contribution in [0, 0.1) is 12.7 Å². The molecule has 0 atom stereocenters. The van der Waals surface area contributed by atoms with E-state index in [4.69, 9.17) is 11.6 Å². The number of fused-ring (bicyclic) bond motifs is 3. The maximum atomic E-state index is 13.5. The zero-order valence-electron chi connectivity index (χ0n) is 24.0. The van der Waals surface area contributed by atoms with E-state index in [-0.39, 0.29) is 30.2 Å². The van der Waals surface area contributed by atoms with Crippen molar-refractivity contribution < 1.29 is 9.18 Å². The molecule has 5 aromatic rings. The molecule has 3 aromatic carbocycles. The van der Waals surface area contributed by atoms with Gasteiger partial charge in [0.05, 0.1) is 17.4 Å². The van der Waals surface area contributed by atoms with Gasteiger partial charge in [-0.1, -0.05) is 41.9 Å². The number of carbonyl (C=O) groups excluding carboxylic acids is 1. The first-order chi connectivity index (χ1) is 20.9. The largest absolute Gasteiger partial charge is 0.369 e. The first kappa shape index (κ1) is 28.8. The van der Waals surface area contributed by atoms with E-state index in [1.165, 1.54) is 23.4 Å². The Morgan fingerprint density at radius 2 is 1.77 bits per heavy atom. The van der Waals surface area contributed by atoms with Crippen molar-refractivity contribution in [3.63, 3.8) is 0 Å². The van der Waals surface area contributed by atoms with Crippen molar-refractivity contribution in [1.29, 1.82) is 0 Å². The van der Waals surface area contributed by atoms with Gasteiger partial charge in [-0.3, -0.25) is 23.5 Å². The molecule has 222 valence electrons. The monoisotopic (exact) mass is 601 g/mol. The van der Waals surface area contributed by atoms with Crippen LogP contribution in [-0.2, 0) is 17.8 Å². The molecule has 1 N–H and O–H groups in total. The molecule has 0 unspecified atom stereocenters. The van der Waals surface area contributed by atoms with E-state index in [9.17, 15) is 14.0 Å². The van der Waals surface area contributed by atoms with Gasteiger partial charge in [-0.05, 0) is 54.4 Å². The summed E-state index contributed by atoms with van der Waals surface area (Å²) in [7, 11) is 0. The normalized spacial score (nSPS) is 14.1. The van der Waals surface area contributed by atoms with Gasteiger partial charge in [0.15, 0.2) is 0 Å². The number of halogens is 2. The van der Waals surface area contributed by atoms with Crippen molar-refractivity contribution in [1.82, 2.24) is 29.4 Å². The lowest BCUT2D eigenvalue weighted by atomic mass is 10.1. The van der Waals surface area contributed by atoms with Crippen LogP contribution in [0.1, 0.15) is 23.4 Å². The fourth-order valence-corrected chi connectivity index (χ4v) is 5.86. The molecule has 43 heavy (non-hydrogen) atoms. The van der Waals surface area contributed by atoms with Gasteiger partial charge >= 0.3 is 0 Å².